The van der Waals surface area contributed by atoms with Crippen LogP contribution in [0.3, 0.4) is 0 Å². The first-order valence-corrected chi connectivity index (χ1v) is 8.37. The van der Waals surface area contributed by atoms with E-state index in [0.717, 1.165) is 5.56 Å². The number of carbonyl (C=O) groups is 3. The molecule has 0 unspecified atom stereocenters. The maximum atomic E-state index is 12.0. The zero-order chi connectivity index (χ0) is 17.4. The lowest BCUT2D eigenvalue weighted by Crippen LogP contribution is -2.36. The molecule has 1 aromatic rings. The normalized spacial score (nSPS) is 20.2. The highest BCUT2D eigenvalue weighted by atomic mass is 16.4. The molecule has 1 aliphatic rings. The van der Waals surface area contributed by atoms with Gasteiger partial charge in [-0.2, -0.15) is 0 Å². The van der Waals surface area contributed by atoms with Crippen molar-refractivity contribution in [2.24, 2.45) is 11.8 Å². The zero-order valence-corrected chi connectivity index (χ0v) is 13.7. The van der Waals surface area contributed by atoms with Crippen LogP contribution in [0.2, 0.25) is 0 Å². The Morgan fingerprint density at radius 1 is 0.958 bits per heavy atom. The number of aliphatic carboxylic acids is 1. The summed E-state index contributed by atoms with van der Waals surface area (Å²) in [5.74, 6) is -1.40. The molecule has 2 amide bonds. The number of carboxylic acid groups (broad SMARTS) is 1. The van der Waals surface area contributed by atoms with Crippen LogP contribution >= 0.6 is 0 Å². The Balaban J connectivity index is 1.60. The molecule has 3 N–H and O–H groups in total. The number of amides is 2. The molecule has 0 aliphatic heterocycles. The van der Waals surface area contributed by atoms with Gasteiger partial charge in [0.1, 0.15) is 0 Å². The first-order chi connectivity index (χ1) is 11.6. The Morgan fingerprint density at radius 3 is 2.21 bits per heavy atom. The quantitative estimate of drug-likeness (QED) is 0.708. The van der Waals surface area contributed by atoms with E-state index in [1.807, 2.05) is 30.3 Å². The molecule has 0 bridgehead atoms. The SMILES string of the molecule is O=C(CCNC(=O)C1CCC(C(=O)O)CC1)NCc1ccccc1. The van der Waals surface area contributed by atoms with E-state index < -0.39 is 5.97 Å². The van der Waals surface area contributed by atoms with Crippen LogP contribution in [-0.4, -0.2) is 29.4 Å². The Bertz CT molecular complexity index is 566. The molecule has 1 saturated carbocycles. The topological polar surface area (TPSA) is 95.5 Å². The van der Waals surface area contributed by atoms with Crippen LogP contribution in [0.4, 0.5) is 0 Å². The zero-order valence-electron chi connectivity index (χ0n) is 13.7. The molecule has 1 aliphatic carbocycles. The Hall–Kier alpha value is -2.37. The molecule has 0 aromatic heterocycles. The van der Waals surface area contributed by atoms with Crippen LogP contribution in [0.5, 0.6) is 0 Å². The fourth-order valence-corrected chi connectivity index (χ4v) is 2.93. The Labute approximate surface area is 141 Å². The lowest BCUT2D eigenvalue weighted by molar-refractivity contribution is -0.144. The van der Waals surface area contributed by atoms with Gasteiger partial charge in [0.05, 0.1) is 5.92 Å². The molecule has 6 heteroatoms. The third-order valence-corrected chi connectivity index (χ3v) is 4.43. The van der Waals surface area contributed by atoms with Crippen molar-refractivity contribution in [3.63, 3.8) is 0 Å². The minimum absolute atomic E-state index is 0.0744. The van der Waals surface area contributed by atoms with Gasteiger partial charge in [-0.1, -0.05) is 30.3 Å². The summed E-state index contributed by atoms with van der Waals surface area (Å²) in [6, 6.07) is 9.64. The van der Waals surface area contributed by atoms with Crippen molar-refractivity contribution < 1.29 is 19.5 Å². The number of carbonyl (C=O) groups excluding carboxylic acids is 2. The van der Waals surface area contributed by atoms with Gasteiger partial charge in [-0.25, -0.2) is 0 Å². The fraction of sp³-hybridized carbons (Fsp3) is 0.500. The van der Waals surface area contributed by atoms with Gasteiger partial charge in [-0.05, 0) is 31.2 Å². The van der Waals surface area contributed by atoms with Crippen LogP contribution in [-0.2, 0) is 20.9 Å². The molecule has 2 rings (SSSR count). The van der Waals surface area contributed by atoms with Crippen molar-refractivity contribution in [3.8, 4) is 0 Å². The number of benzene rings is 1. The maximum absolute atomic E-state index is 12.0. The summed E-state index contributed by atoms with van der Waals surface area (Å²) in [5.41, 5.74) is 1.03. The molecule has 1 aromatic carbocycles. The lowest BCUT2D eigenvalue weighted by atomic mass is 9.81. The van der Waals surface area contributed by atoms with Crippen LogP contribution in [0.25, 0.3) is 0 Å². The molecule has 6 nitrogen and oxygen atoms in total. The van der Waals surface area contributed by atoms with Crippen LogP contribution < -0.4 is 10.6 Å². The van der Waals surface area contributed by atoms with Crippen molar-refractivity contribution in [1.29, 1.82) is 0 Å². The van der Waals surface area contributed by atoms with Crippen molar-refractivity contribution in [1.82, 2.24) is 10.6 Å². The minimum Gasteiger partial charge on any atom is -0.481 e. The monoisotopic (exact) mass is 332 g/mol. The molecule has 130 valence electrons. The van der Waals surface area contributed by atoms with Crippen LogP contribution in [0.1, 0.15) is 37.7 Å². The predicted octanol–water partition coefficient (Wildman–Crippen LogP) is 1.70. The second kappa shape index (κ2) is 9.05. The predicted molar refractivity (Wildman–Crippen MR) is 89.0 cm³/mol. The van der Waals surface area contributed by atoms with E-state index in [1.54, 1.807) is 0 Å². The van der Waals surface area contributed by atoms with Crippen molar-refractivity contribution in [2.45, 2.75) is 38.6 Å². The van der Waals surface area contributed by atoms with Gasteiger partial charge >= 0.3 is 5.97 Å². The van der Waals surface area contributed by atoms with E-state index in [9.17, 15) is 14.4 Å². The van der Waals surface area contributed by atoms with Gasteiger partial charge in [0.25, 0.3) is 0 Å². The van der Waals surface area contributed by atoms with E-state index in [2.05, 4.69) is 10.6 Å². The minimum atomic E-state index is -0.774. The summed E-state index contributed by atoms with van der Waals surface area (Å²) in [5, 5.41) is 14.5. The third kappa shape index (κ3) is 5.68. The van der Waals surface area contributed by atoms with E-state index in [4.69, 9.17) is 5.11 Å². The van der Waals surface area contributed by atoms with Gasteiger partial charge in [-0.15, -0.1) is 0 Å². The van der Waals surface area contributed by atoms with Gasteiger partial charge in [0.15, 0.2) is 0 Å². The average Bonchev–Trinajstić information content (AvgIpc) is 2.61. The maximum Gasteiger partial charge on any atom is 0.306 e. The molecular formula is C18H24N2O4. The number of rotatable bonds is 7. The molecule has 0 atom stereocenters. The number of hydrogen-bond donors (Lipinski definition) is 3. The molecule has 0 radical (unpaired) electrons. The summed E-state index contributed by atoms with van der Waals surface area (Å²) in [6.07, 6.45) is 2.53. The largest absolute Gasteiger partial charge is 0.481 e. The van der Waals surface area contributed by atoms with E-state index >= 15 is 0 Å². The smallest absolute Gasteiger partial charge is 0.306 e. The second-order valence-corrected chi connectivity index (χ2v) is 6.19. The lowest BCUT2D eigenvalue weighted by Gasteiger charge is -2.25. The van der Waals surface area contributed by atoms with E-state index in [1.165, 1.54) is 0 Å². The summed E-state index contributed by atoms with van der Waals surface area (Å²) in [6.45, 7) is 0.783. The Kier molecular flexibility index (Phi) is 6.78. The molecule has 0 heterocycles. The van der Waals surface area contributed by atoms with E-state index in [-0.39, 0.29) is 30.1 Å². The molecule has 1 fully saturated rings. The highest BCUT2D eigenvalue weighted by Gasteiger charge is 2.29. The van der Waals surface area contributed by atoms with Gasteiger partial charge in [0, 0.05) is 25.4 Å². The number of nitrogens with one attached hydrogen (secondary N) is 2. The highest BCUT2D eigenvalue weighted by molar-refractivity contribution is 5.81. The summed E-state index contributed by atoms with van der Waals surface area (Å²) >= 11 is 0. The molecule has 0 spiro atoms. The van der Waals surface area contributed by atoms with Gasteiger partial charge in [-0.3, -0.25) is 14.4 Å². The molecular weight excluding hydrogens is 308 g/mol. The van der Waals surface area contributed by atoms with Gasteiger partial charge < -0.3 is 15.7 Å². The molecule has 0 saturated heterocycles. The van der Waals surface area contributed by atoms with E-state index in [0.29, 0.717) is 38.8 Å². The van der Waals surface area contributed by atoms with Crippen LogP contribution in [0.15, 0.2) is 30.3 Å². The average molecular weight is 332 g/mol. The summed E-state index contributed by atoms with van der Waals surface area (Å²) < 4.78 is 0. The van der Waals surface area contributed by atoms with Crippen molar-refractivity contribution in [2.75, 3.05) is 6.54 Å². The highest BCUT2D eigenvalue weighted by Crippen LogP contribution is 2.28. The summed E-state index contributed by atoms with van der Waals surface area (Å²) in [7, 11) is 0. The second-order valence-electron chi connectivity index (χ2n) is 6.19. The van der Waals surface area contributed by atoms with Crippen LogP contribution in [0, 0.1) is 11.8 Å². The first kappa shape index (κ1) is 18.0. The third-order valence-electron chi connectivity index (χ3n) is 4.43. The fourth-order valence-electron chi connectivity index (χ4n) is 2.93. The molecule has 24 heavy (non-hydrogen) atoms. The van der Waals surface area contributed by atoms with Crippen molar-refractivity contribution in [3.05, 3.63) is 35.9 Å². The Morgan fingerprint density at radius 2 is 1.58 bits per heavy atom. The van der Waals surface area contributed by atoms with Crippen molar-refractivity contribution >= 4 is 17.8 Å². The standard InChI is InChI=1S/C18H24N2O4/c21-16(20-12-13-4-2-1-3-5-13)10-11-19-17(22)14-6-8-15(9-7-14)18(23)24/h1-5,14-15H,6-12H2,(H,19,22)(H,20,21)(H,23,24). The summed E-state index contributed by atoms with van der Waals surface area (Å²) in [4.78, 5) is 34.7. The first-order valence-electron chi connectivity index (χ1n) is 8.37. The number of hydrogen-bond acceptors (Lipinski definition) is 3. The van der Waals surface area contributed by atoms with Gasteiger partial charge in [0.2, 0.25) is 11.8 Å². The number of carboxylic acids is 1.